The number of hydrogen-bond acceptors (Lipinski definition) is 4. The van der Waals surface area contributed by atoms with E-state index in [0.717, 1.165) is 12.0 Å². The molecule has 2 unspecified atom stereocenters. The van der Waals surface area contributed by atoms with Gasteiger partial charge in [-0.1, -0.05) is 43.3 Å². The van der Waals surface area contributed by atoms with Crippen LogP contribution < -0.4 is 20.7 Å². The van der Waals surface area contributed by atoms with Gasteiger partial charge >= 0.3 is 0 Å². The molecule has 7 heteroatoms. The number of amides is 2. The van der Waals surface area contributed by atoms with Gasteiger partial charge in [0, 0.05) is 16.8 Å². The van der Waals surface area contributed by atoms with E-state index in [1.54, 1.807) is 48.5 Å². The van der Waals surface area contributed by atoms with Crippen molar-refractivity contribution in [3.63, 3.8) is 0 Å². The van der Waals surface area contributed by atoms with Gasteiger partial charge in [-0.3, -0.25) is 14.9 Å². The highest BCUT2D eigenvalue weighted by molar-refractivity contribution is 7.80. The summed E-state index contributed by atoms with van der Waals surface area (Å²) in [5, 5.41) is 8.75. The molecule has 3 rings (SSSR count). The normalized spacial score (nSPS) is 12.2. The summed E-state index contributed by atoms with van der Waals surface area (Å²) in [6.45, 7) is 5.98. The molecule has 2 amide bonds. The van der Waals surface area contributed by atoms with E-state index in [1.165, 1.54) is 0 Å². The van der Waals surface area contributed by atoms with E-state index in [9.17, 15) is 9.59 Å². The predicted octanol–water partition coefficient (Wildman–Crippen LogP) is 5.48. The van der Waals surface area contributed by atoms with E-state index < -0.39 is 0 Å². The van der Waals surface area contributed by atoms with Gasteiger partial charge in [0.2, 0.25) is 0 Å². The van der Waals surface area contributed by atoms with Crippen molar-refractivity contribution >= 4 is 34.8 Å². The van der Waals surface area contributed by atoms with Crippen molar-refractivity contribution in [1.82, 2.24) is 10.6 Å². The molecule has 0 aliphatic rings. The van der Waals surface area contributed by atoms with Gasteiger partial charge in [0.05, 0.1) is 12.1 Å². The van der Waals surface area contributed by atoms with Crippen LogP contribution in [-0.2, 0) is 0 Å². The van der Waals surface area contributed by atoms with Gasteiger partial charge < -0.3 is 15.4 Å². The molecule has 0 fully saturated rings. The number of carbonyl (C=O) groups is 2. The van der Waals surface area contributed by atoms with Crippen molar-refractivity contribution < 1.29 is 14.3 Å². The van der Waals surface area contributed by atoms with E-state index in [4.69, 9.17) is 17.0 Å². The smallest absolute Gasteiger partial charge is 0.257 e. The number of rotatable bonds is 8. The second-order valence-electron chi connectivity index (χ2n) is 7.96. The van der Waals surface area contributed by atoms with Crippen molar-refractivity contribution in [1.29, 1.82) is 0 Å². The van der Waals surface area contributed by atoms with Crippen LogP contribution in [0.5, 0.6) is 5.75 Å². The minimum Gasteiger partial charge on any atom is -0.491 e. The zero-order valence-corrected chi connectivity index (χ0v) is 20.3. The molecule has 0 aliphatic heterocycles. The van der Waals surface area contributed by atoms with Crippen LogP contribution in [0.3, 0.4) is 0 Å². The number of hydrogen-bond donors (Lipinski definition) is 3. The van der Waals surface area contributed by atoms with Crippen LogP contribution in [0.4, 0.5) is 5.69 Å². The zero-order chi connectivity index (χ0) is 24.5. The number of anilines is 1. The highest BCUT2D eigenvalue weighted by Crippen LogP contribution is 2.16. The second-order valence-corrected chi connectivity index (χ2v) is 8.36. The third kappa shape index (κ3) is 7.15. The summed E-state index contributed by atoms with van der Waals surface area (Å²) in [6.07, 6.45) is 1.01. The van der Waals surface area contributed by atoms with Gasteiger partial charge in [-0.25, -0.2) is 0 Å². The molecule has 0 saturated carbocycles. The summed E-state index contributed by atoms with van der Waals surface area (Å²) in [7, 11) is 0. The van der Waals surface area contributed by atoms with Crippen molar-refractivity contribution in [2.45, 2.75) is 39.3 Å². The molecule has 0 aromatic heterocycles. The standard InChI is InChI=1S/C27H29N3O3S/c1-4-18(2)33-24-15-13-21(14-16-24)25(31)30-27(34)29-23-12-8-11-22(17-23)26(32)28-19(3)20-9-6-5-7-10-20/h5-19H,4H2,1-3H3,(H,28,32)(H2,29,30,31,34). The molecule has 6 nitrogen and oxygen atoms in total. The Hall–Kier alpha value is -3.71. The lowest BCUT2D eigenvalue weighted by Crippen LogP contribution is -2.34. The second kappa shape index (κ2) is 12.0. The monoisotopic (exact) mass is 475 g/mol. The summed E-state index contributed by atoms with van der Waals surface area (Å²) in [6, 6.07) is 23.5. The lowest BCUT2D eigenvalue weighted by atomic mass is 10.1. The zero-order valence-electron chi connectivity index (χ0n) is 19.5. The maximum absolute atomic E-state index is 12.7. The largest absolute Gasteiger partial charge is 0.491 e. The van der Waals surface area contributed by atoms with Gasteiger partial charge in [-0.15, -0.1) is 0 Å². The predicted molar refractivity (Wildman–Crippen MR) is 139 cm³/mol. The van der Waals surface area contributed by atoms with Crippen molar-refractivity contribution in [2.75, 3.05) is 5.32 Å². The Morgan fingerprint density at radius 2 is 1.59 bits per heavy atom. The van der Waals surface area contributed by atoms with E-state index in [2.05, 4.69) is 16.0 Å². The first-order chi connectivity index (χ1) is 16.4. The van der Waals surface area contributed by atoms with Crippen molar-refractivity contribution in [3.8, 4) is 5.75 Å². The van der Waals surface area contributed by atoms with Crippen LogP contribution in [0.2, 0.25) is 0 Å². The van der Waals surface area contributed by atoms with Crippen LogP contribution in [0.25, 0.3) is 0 Å². The number of nitrogens with one attached hydrogen (secondary N) is 3. The Balaban J connectivity index is 1.56. The summed E-state index contributed by atoms with van der Waals surface area (Å²) >= 11 is 5.29. The van der Waals surface area contributed by atoms with Gasteiger partial charge in [0.15, 0.2) is 5.11 Å². The Bertz CT molecular complexity index is 1130. The molecule has 0 spiro atoms. The average Bonchev–Trinajstić information content (AvgIpc) is 2.84. The molecule has 3 aromatic rings. The van der Waals surface area contributed by atoms with Gasteiger partial charge in [-0.2, -0.15) is 0 Å². The quantitative estimate of drug-likeness (QED) is 0.376. The number of thiocarbonyl (C=S) groups is 1. The maximum Gasteiger partial charge on any atom is 0.257 e. The lowest BCUT2D eigenvalue weighted by Gasteiger charge is -2.15. The Morgan fingerprint density at radius 3 is 2.26 bits per heavy atom. The molecule has 0 aliphatic carbocycles. The molecular formula is C27H29N3O3S. The number of ether oxygens (including phenoxy) is 1. The fourth-order valence-electron chi connectivity index (χ4n) is 3.18. The molecule has 3 N–H and O–H groups in total. The topological polar surface area (TPSA) is 79.5 Å². The van der Waals surface area contributed by atoms with Crippen LogP contribution in [-0.4, -0.2) is 23.0 Å². The van der Waals surface area contributed by atoms with Crippen LogP contribution >= 0.6 is 12.2 Å². The van der Waals surface area contributed by atoms with Crippen LogP contribution in [0, 0.1) is 0 Å². The molecule has 2 atom stereocenters. The molecule has 0 heterocycles. The molecule has 3 aromatic carbocycles. The molecule has 0 saturated heterocycles. The average molecular weight is 476 g/mol. The third-order valence-corrected chi connectivity index (χ3v) is 5.49. The summed E-state index contributed by atoms with van der Waals surface area (Å²) in [5.41, 5.74) is 2.57. The third-order valence-electron chi connectivity index (χ3n) is 5.29. The Kier molecular flexibility index (Phi) is 8.76. The van der Waals surface area contributed by atoms with Crippen LogP contribution in [0.1, 0.15) is 59.5 Å². The van der Waals surface area contributed by atoms with Gasteiger partial charge in [0.25, 0.3) is 11.8 Å². The highest BCUT2D eigenvalue weighted by atomic mass is 32.1. The summed E-state index contributed by atoms with van der Waals surface area (Å²) in [5.74, 6) is 0.177. The molecule has 0 radical (unpaired) electrons. The molecule has 0 bridgehead atoms. The van der Waals surface area contributed by atoms with Gasteiger partial charge in [0.1, 0.15) is 5.75 Å². The number of carbonyl (C=O) groups excluding carboxylic acids is 2. The van der Waals surface area contributed by atoms with E-state index in [-0.39, 0.29) is 29.1 Å². The fraction of sp³-hybridized carbons (Fsp3) is 0.222. The molecule has 176 valence electrons. The first kappa shape index (κ1) is 24.9. The van der Waals surface area contributed by atoms with Crippen molar-refractivity contribution in [3.05, 3.63) is 95.6 Å². The first-order valence-electron chi connectivity index (χ1n) is 11.2. The highest BCUT2D eigenvalue weighted by Gasteiger charge is 2.13. The first-order valence-corrected chi connectivity index (χ1v) is 11.6. The number of benzene rings is 3. The summed E-state index contributed by atoms with van der Waals surface area (Å²) in [4.78, 5) is 25.2. The van der Waals surface area contributed by atoms with E-state index in [1.807, 2.05) is 51.1 Å². The Morgan fingerprint density at radius 1 is 0.882 bits per heavy atom. The molecular weight excluding hydrogens is 446 g/mol. The molecule has 34 heavy (non-hydrogen) atoms. The minimum absolute atomic E-state index is 0.107. The maximum atomic E-state index is 12.7. The van der Waals surface area contributed by atoms with Crippen molar-refractivity contribution in [2.24, 2.45) is 0 Å². The lowest BCUT2D eigenvalue weighted by molar-refractivity contribution is 0.0938. The van der Waals surface area contributed by atoms with E-state index >= 15 is 0 Å². The summed E-state index contributed by atoms with van der Waals surface area (Å²) < 4.78 is 5.74. The van der Waals surface area contributed by atoms with Crippen LogP contribution in [0.15, 0.2) is 78.9 Å². The van der Waals surface area contributed by atoms with Gasteiger partial charge in [-0.05, 0) is 80.5 Å². The minimum atomic E-state index is -0.335. The SMILES string of the molecule is CCC(C)Oc1ccc(C(=O)NC(=S)Nc2cccc(C(=O)NC(C)c3ccccc3)c2)cc1. The van der Waals surface area contributed by atoms with E-state index in [0.29, 0.717) is 22.6 Å². The fourth-order valence-corrected chi connectivity index (χ4v) is 3.39. The Labute approximate surface area is 205 Å².